The van der Waals surface area contributed by atoms with Gasteiger partial charge in [-0.25, -0.2) is 4.57 Å². The topological polar surface area (TPSA) is 77.8 Å². The van der Waals surface area contributed by atoms with E-state index in [1.54, 1.807) is 0 Å². The first-order valence-corrected chi connectivity index (χ1v) is 2.35. The van der Waals surface area contributed by atoms with E-state index in [-0.39, 0.29) is 41.0 Å². The summed E-state index contributed by atoms with van der Waals surface area (Å²) in [6, 6.07) is 0. The van der Waals surface area contributed by atoms with Crippen LogP contribution in [0.2, 0.25) is 0 Å². The Labute approximate surface area is 68.0 Å². The molecule has 0 rings (SSSR count). The van der Waals surface area contributed by atoms with Gasteiger partial charge in [0.2, 0.25) is 0 Å². The average Bonchev–Trinajstić information content (AvgIpc) is 0.722. The predicted molar refractivity (Wildman–Crippen MR) is 25.6 cm³/mol. The van der Waals surface area contributed by atoms with Gasteiger partial charge in [0.05, 0.1) is 0 Å². The van der Waals surface area contributed by atoms with Gasteiger partial charge in [-0.2, -0.15) is 0 Å². The molecule has 0 aromatic carbocycles. The molecule has 7 heteroatoms. The van der Waals surface area contributed by atoms with Crippen molar-refractivity contribution in [1.29, 1.82) is 0 Å². The van der Waals surface area contributed by atoms with Crippen molar-refractivity contribution in [3.8, 4) is 0 Å². The summed E-state index contributed by atoms with van der Waals surface area (Å²) in [7, 11) is -4.64. The number of phosphoric acid groups is 1. The maximum atomic E-state index is 8.88. The standard InChI is InChI=1S/Cu.H3O4P.Sn.4H/c;1-5(2,3)4;;;;;/h;(H3,1,2,3,4);;;;;. The van der Waals surface area contributed by atoms with Gasteiger partial charge in [0, 0.05) is 17.1 Å². The zero-order chi connectivity index (χ0) is 4.50. The maximum absolute atomic E-state index is 8.88. The van der Waals surface area contributed by atoms with E-state index in [2.05, 4.69) is 0 Å². The molecule has 0 spiro atoms. The predicted octanol–water partition coefficient (Wildman–Crippen LogP) is -2.38. The van der Waals surface area contributed by atoms with Crippen LogP contribution in [0.1, 0.15) is 0 Å². The molecule has 0 unspecified atom stereocenters. The van der Waals surface area contributed by atoms with E-state index in [4.69, 9.17) is 19.2 Å². The van der Waals surface area contributed by atoms with Crippen molar-refractivity contribution in [2.75, 3.05) is 0 Å². The Balaban J connectivity index is -0.0000000800. The second-order valence-electron chi connectivity index (χ2n) is 0.513. The van der Waals surface area contributed by atoms with Crippen molar-refractivity contribution < 1.29 is 36.3 Å². The summed E-state index contributed by atoms with van der Waals surface area (Å²) in [6.45, 7) is 0. The van der Waals surface area contributed by atoms with Crippen LogP contribution in [-0.4, -0.2) is 38.6 Å². The van der Waals surface area contributed by atoms with Crippen molar-refractivity contribution >= 4 is 31.7 Å². The number of hydrogen-bond donors (Lipinski definition) is 3. The molecule has 4 nitrogen and oxygen atoms in total. The van der Waals surface area contributed by atoms with Gasteiger partial charge in [0.15, 0.2) is 0 Å². The molecule has 0 aromatic heterocycles. The Bertz CT molecular complexity index is 57.8. The summed E-state index contributed by atoms with van der Waals surface area (Å²) in [5.41, 5.74) is 0. The van der Waals surface area contributed by atoms with E-state index in [1.165, 1.54) is 0 Å². The molecule has 0 aliphatic heterocycles. The van der Waals surface area contributed by atoms with Crippen LogP contribution in [-0.2, 0) is 21.6 Å². The van der Waals surface area contributed by atoms with E-state index in [0.717, 1.165) is 0 Å². The molecule has 0 saturated carbocycles. The van der Waals surface area contributed by atoms with E-state index in [0.29, 0.717) is 0 Å². The van der Waals surface area contributed by atoms with E-state index < -0.39 is 7.82 Å². The SMILES string of the molecule is O=P(O)(O)O.[Cu].[SnH4]. The van der Waals surface area contributed by atoms with Gasteiger partial charge in [-0.15, -0.1) is 0 Å². The third-order valence-electron chi connectivity index (χ3n) is 0. The van der Waals surface area contributed by atoms with Gasteiger partial charge in [0.25, 0.3) is 0 Å². The first-order valence-electron chi connectivity index (χ1n) is 0.783. The molecule has 0 aliphatic carbocycles. The fourth-order valence-electron chi connectivity index (χ4n) is 0. The first kappa shape index (κ1) is 15.8. The summed E-state index contributed by atoms with van der Waals surface area (Å²) in [5, 5.41) is 0. The Morgan fingerprint density at radius 2 is 1.14 bits per heavy atom. The summed E-state index contributed by atoms with van der Waals surface area (Å²) < 4.78 is 8.88. The third kappa shape index (κ3) is 107. The van der Waals surface area contributed by atoms with Gasteiger partial charge >= 0.3 is 31.7 Å². The minimum absolute atomic E-state index is 0. The normalized spacial score (nSPS) is 8.43. The Morgan fingerprint density at radius 3 is 1.14 bits per heavy atom. The molecule has 51 valence electrons. The monoisotopic (exact) mass is 285 g/mol. The molecular formula is H7CuO4PSn. The number of rotatable bonds is 0. The van der Waals surface area contributed by atoms with Gasteiger partial charge in [-0.1, -0.05) is 0 Å². The van der Waals surface area contributed by atoms with Crippen LogP contribution in [0.5, 0.6) is 0 Å². The van der Waals surface area contributed by atoms with Crippen molar-refractivity contribution in [3.63, 3.8) is 0 Å². The second kappa shape index (κ2) is 5.56. The van der Waals surface area contributed by atoms with Crippen LogP contribution in [0.25, 0.3) is 0 Å². The minimum atomic E-state index is -4.64. The average molecular weight is 284 g/mol. The van der Waals surface area contributed by atoms with Crippen LogP contribution >= 0.6 is 7.82 Å². The molecule has 0 bridgehead atoms. The van der Waals surface area contributed by atoms with Crippen molar-refractivity contribution in [1.82, 2.24) is 0 Å². The quantitative estimate of drug-likeness (QED) is 0.343. The molecule has 0 fully saturated rings. The summed E-state index contributed by atoms with van der Waals surface area (Å²) in [6.07, 6.45) is 0. The fraction of sp³-hybridized carbons (Fsp3) is 0. The summed E-state index contributed by atoms with van der Waals surface area (Å²) >= 11 is 0. The van der Waals surface area contributed by atoms with Crippen LogP contribution < -0.4 is 0 Å². The van der Waals surface area contributed by atoms with E-state index in [9.17, 15) is 0 Å². The zero-order valence-corrected chi connectivity index (χ0v) is 4.33. The molecule has 0 atom stereocenters. The van der Waals surface area contributed by atoms with Crippen molar-refractivity contribution in [2.45, 2.75) is 0 Å². The molecule has 0 amide bonds. The zero-order valence-electron chi connectivity index (χ0n) is 2.50. The first-order chi connectivity index (χ1) is 2.00. The fourth-order valence-corrected chi connectivity index (χ4v) is 0. The van der Waals surface area contributed by atoms with Gasteiger partial charge < -0.3 is 14.7 Å². The van der Waals surface area contributed by atoms with Crippen LogP contribution in [0.3, 0.4) is 0 Å². The van der Waals surface area contributed by atoms with Crippen LogP contribution in [0.4, 0.5) is 0 Å². The molecule has 0 heterocycles. The molecule has 3 N–H and O–H groups in total. The van der Waals surface area contributed by atoms with E-state index >= 15 is 0 Å². The number of hydrogen-bond acceptors (Lipinski definition) is 1. The molecule has 0 aromatic rings. The molecular weight excluding hydrogens is 277 g/mol. The summed E-state index contributed by atoms with van der Waals surface area (Å²) in [4.78, 5) is 21.6. The Hall–Kier alpha value is 1.43. The van der Waals surface area contributed by atoms with Crippen LogP contribution in [0.15, 0.2) is 0 Å². The van der Waals surface area contributed by atoms with E-state index in [1.807, 2.05) is 0 Å². The van der Waals surface area contributed by atoms with Gasteiger partial charge in [0.1, 0.15) is 0 Å². The third-order valence-corrected chi connectivity index (χ3v) is 0. The molecule has 0 aliphatic rings. The van der Waals surface area contributed by atoms with Crippen molar-refractivity contribution in [2.24, 2.45) is 0 Å². The van der Waals surface area contributed by atoms with Gasteiger partial charge in [-0.05, 0) is 0 Å². The Morgan fingerprint density at radius 1 is 1.14 bits per heavy atom. The second-order valence-corrected chi connectivity index (χ2v) is 1.54. The van der Waals surface area contributed by atoms with Crippen LogP contribution in [0, 0.1) is 0 Å². The Kier molecular flexibility index (Phi) is 12.5. The van der Waals surface area contributed by atoms with Crippen molar-refractivity contribution in [3.05, 3.63) is 0 Å². The molecule has 1 radical (unpaired) electrons. The molecule has 7 heavy (non-hydrogen) atoms. The van der Waals surface area contributed by atoms with Gasteiger partial charge in [-0.3, -0.25) is 0 Å². The summed E-state index contributed by atoms with van der Waals surface area (Å²) in [5.74, 6) is 0. The molecule has 0 saturated heterocycles.